The molecular weight excluding hydrogens is 256 g/mol. The lowest BCUT2D eigenvalue weighted by molar-refractivity contribution is -0.137. The predicted molar refractivity (Wildman–Crippen MR) is 76.8 cm³/mol. The van der Waals surface area contributed by atoms with Gasteiger partial charge in [-0.05, 0) is 37.0 Å². The maximum Gasteiger partial charge on any atom is 0.323 e. The number of anilines is 1. The predicted octanol–water partition coefficient (Wildman–Crippen LogP) is 2.72. The molecule has 0 spiro atoms. The molecule has 1 aromatic carbocycles. The Morgan fingerprint density at radius 2 is 1.95 bits per heavy atom. The average Bonchev–Trinajstić information content (AvgIpc) is 3.22. The number of hydrogen-bond acceptors (Lipinski definition) is 2. The molecule has 0 radical (unpaired) electrons. The minimum Gasteiger partial charge on any atom is -0.480 e. The summed E-state index contributed by atoms with van der Waals surface area (Å²) in [4.78, 5) is 24.3. The summed E-state index contributed by atoms with van der Waals surface area (Å²) in [6, 6.07) is 7.42. The van der Waals surface area contributed by atoms with E-state index in [0.717, 1.165) is 25.7 Å². The van der Waals surface area contributed by atoms with Gasteiger partial charge in [0.25, 0.3) is 0 Å². The van der Waals surface area contributed by atoms with Crippen LogP contribution < -0.4 is 5.32 Å². The third-order valence-corrected chi connectivity index (χ3v) is 3.30. The highest BCUT2D eigenvalue weighted by molar-refractivity contribution is 5.91. The molecule has 20 heavy (non-hydrogen) atoms. The van der Waals surface area contributed by atoms with Crippen molar-refractivity contribution in [3.63, 3.8) is 0 Å². The number of benzene rings is 1. The smallest absolute Gasteiger partial charge is 0.323 e. The van der Waals surface area contributed by atoms with Gasteiger partial charge in [-0.25, -0.2) is 4.79 Å². The van der Waals surface area contributed by atoms with Crippen molar-refractivity contribution in [1.82, 2.24) is 4.90 Å². The van der Waals surface area contributed by atoms with Crippen LogP contribution in [0.5, 0.6) is 0 Å². The fraction of sp³-hybridized carbons (Fsp3) is 0.467. The fourth-order valence-electron chi connectivity index (χ4n) is 2.14. The van der Waals surface area contributed by atoms with E-state index in [4.69, 9.17) is 5.11 Å². The number of urea groups is 1. The van der Waals surface area contributed by atoms with Gasteiger partial charge < -0.3 is 15.3 Å². The molecule has 1 aromatic rings. The zero-order chi connectivity index (χ0) is 14.5. The molecule has 1 aliphatic carbocycles. The Hall–Kier alpha value is -2.04. The fourth-order valence-corrected chi connectivity index (χ4v) is 2.14. The van der Waals surface area contributed by atoms with Crippen LogP contribution in [0.3, 0.4) is 0 Å². The highest BCUT2D eigenvalue weighted by Crippen LogP contribution is 2.27. The van der Waals surface area contributed by atoms with Crippen molar-refractivity contribution in [1.29, 1.82) is 0 Å². The Kier molecular flexibility index (Phi) is 4.61. The van der Waals surface area contributed by atoms with Gasteiger partial charge >= 0.3 is 12.0 Å². The molecule has 1 saturated carbocycles. The maximum atomic E-state index is 12.1. The van der Waals surface area contributed by atoms with E-state index in [1.165, 1.54) is 10.5 Å². The SMILES string of the molecule is CCCc1ccc(NC(=O)N(CC(=O)O)C2CC2)cc1. The second-order valence-electron chi connectivity index (χ2n) is 5.13. The molecule has 0 bridgehead atoms. The largest absolute Gasteiger partial charge is 0.480 e. The third-order valence-electron chi connectivity index (χ3n) is 3.30. The molecule has 0 heterocycles. The molecule has 0 aromatic heterocycles. The molecule has 0 saturated heterocycles. The summed E-state index contributed by atoms with van der Waals surface area (Å²) in [5.41, 5.74) is 1.93. The topological polar surface area (TPSA) is 69.6 Å². The number of carboxylic acid groups (broad SMARTS) is 1. The molecule has 1 fully saturated rings. The zero-order valence-electron chi connectivity index (χ0n) is 11.6. The van der Waals surface area contributed by atoms with Crippen LogP contribution in [0.1, 0.15) is 31.7 Å². The molecular formula is C15H20N2O3. The Bertz CT molecular complexity index is 480. The van der Waals surface area contributed by atoms with E-state index in [2.05, 4.69) is 12.2 Å². The van der Waals surface area contributed by atoms with Crippen LogP contribution >= 0.6 is 0 Å². The van der Waals surface area contributed by atoms with Crippen LogP contribution in [0.4, 0.5) is 10.5 Å². The molecule has 2 N–H and O–H groups in total. The first-order valence-corrected chi connectivity index (χ1v) is 6.98. The second-order valence-corrected chi connectivity index (χ2v) is 5.13. The van der Waals surface area contributed by atoms with Crippen LogP contribution in [0.15, 0.2) is 24.3 Å². The van der Waals surface area contributed by atoms with Crippen molar-refractivity contribution >= 4 is 17.7 Å². The molecule has 0 atom stereocenters. The van der Waals surface area contributed by atoms with Crippen molar-refractivity contribution in [2.75, 3.05) is 11.9 Å². The molecule has 5 nitrogen and oxygen atoms in total. The third kappa shape index (κ3) is 3.98. The minimum absolute atomic E-state index is 0.0745. The van der Waals surface area contributed by atoms with E-state index < -0.39 is 5.97 Å². The number of carboxylic acids is 1. The molecule has 0 unspecified atom stereocenters. The maximum absolute atomic E-state index is 12.1. The summed E-state index contributed by atoms with van der Waals surface area (Å²) >= 11 is 0. The first kappa shape index (κ1) is 14.4. The Morgan fingerprint density at radius 1 is 1.30 bits per heavy atom. The van der Waals surface area contributed by atoms with Crippen molar-refractivity contribution in [2.45, 2.75) is 38.6 Å². The van der Waals surface area contributed by atoms with E-state index in [0.29, 0.717) is 5.69 Å². The highest BCUT2D eigenvalue weighted by Gasteiger charge is 2.33. The highest BCUT2D eigenvalue weighted by atomic mass is 16.4. The standard InChI is InChI=1S/C15H20N2O3/c1-2-3-11-4-6-12(7-5-11)16-15(20)17(10-14(18)19)13-8-9-13/h4-7,13H,2-3,8-10H2,1H3,(H,16,20)(H,18,19). The first-order chi connectivity index (χ1) is 9.60. The van der Waals surface area contributed by atoms with Crippen molar-refractivity contribution in [3.8, 4) is 0 Å². The van der Waals surface area contributed by atoms with E-state index >= 15 is 0 Å². The number of hydrogen-bond donors (Lipinski definition) is 2. The number of amides is 2. The van der Waals surface area contributed by atoms with E-state index in [1.54, 1.807) is 0 Å². The molecule has 5 heteroatoms. The molecule has 2 amide bonds. The van der Waals surface area contributed by atoms with Gasteiger partial charge in [-0.2, -0.15) is 0 Å². The first-order valence-electron chi connectivity index (χ1n) is 6.98. The van der Waals surface area contributed by atoms with Gasteiger partial charge in [-0.1, -0.05) is 25.5 Å². The van der Waals surface area contributed by atoms with Crippen molar-refractivity contribution < 1.29 is 14.7 Å². The summed E-state index contributed by atoms with van der Waals surface area (Å²) in [6.45, 7) is 1.87. The summed E-state index contributed by atoms with van der Waals surface area (Å²) in [7, 11) is 0. The van der Waals surface area contributed by atoms with Gasteiger partial charge in [0.2, 0.25) is 0 Å². The van der Waals surface area contributed by atoms with Crippen LogP contribution in [-0.4, -0.2) is 34.6 Å². The Morgan fingerprint density at radius 3 is 2.45 bits per heavy atom. The van der Waals surface area contributed by atoms with Crippen LogP contribution in [-0.2, 0) is 11.2 Å². The summed E-state index contributed by atoms with van der Waals surface area (Å²) in [6.07, 6.45) is 3.87. The number of carbonyl (C=O) groups is 2. The van der Waals surface area contributed by atoms with Crippen molar-refractivity contribution in [2.24, 2.45) is 0 Å². The van der Waals surface area contributed by atoms with Gasteiger partial charge in [0.1, 0.15) is 6.54 Å². The van der Waals surface area contributed by atoms with Crippen LogP contribution in [0.2, 0.25) is 0 Å². The molecule has 0 aliphatic heterocycles. The Labute approximate surface area is 118 Å². The van der Waals surface area contributed by atoms with Gasteiger partial charge in [-0.3, -0.25) is 4.79 Å². The minimum atomic E-state index is -0.981. The van der Waals surface area contributed by atoms with Crippen molar-refractivity contribution in [3.05, 3.63) is 29.8 Å². The Balaban J connectivity index is 1.96. The van der Waals surface area contributed by atoms with E-state index in [1.807, 2.05) is 24.3 Å². The van der Waals surface area contributed by atoms with Gasteiger partial charge in [-0.15, -0.1) is 0 Å². The lowest BCUT2D eigenvalue weighted by Gasteiger charge is -2.20. The quantitative estimate of drug-likeness (QED) is 0.839. The summed E-state index contributed by atoms with van der Waals surface area (Å²) in [5, 5.41) is 11.6. The second kappa shape index (κ2) is 6.41. The number of aliphatic carboxylic acids is 1. The van der Waals surface area contributed by atoms with Crippen LogP contribution in [0, 0.1) is 0 Å². The lowest BCUT2D eigenvalue weighted by atomic mass is 10.1. The van der Waals surface area contributed by atoms with Gasteiger partial charge in [0.15, 0.2) is 0 Å². The lowest BCUT2D eigenvalue weighted by Crippen LogP contribution is -2.40. The monoisotopic (exact) mass is 276 g/mol. The number of carbonyl (C=O) groups excluding carboxylic acids is 1. The number of rotatable bonds is 6. The zero-order valence-corrected chi connectivity index (χ0v) is 11.6. The molecule has 108 valence electrons. The molecule has 1 aliphatic rings. The van der Waals surface area contributed by atoms with E-state index in [9.17, 15) is 9.59 Å². The number of aryl methyl sites for hydroxylation is 1. The average molecular weight is 276 g/mol. The van der Waals surface area contributed by atoms with Gasteiger partial charge in [0, 0.05) is 11.7 Å². The summed E-state index contributed by atoms with van der Waals surface area (Å²) < 4.78 is 0. The summed E-state index contributed by atoms with van der Waals surface area (Å²) in [5.74, 6) is -0.981. The van der Waals surface area contributed by atoms with E-state index in [-0.39, 0.29) is 18.6 Å². The normalized spacial score (nSPS) is 13.8. The molecule has 2 rings (SSSR count). The van der Waals surface area contributed by atoms with Gasteiger partial charge in [0.05, 0.1) is 0 Å². The number of nitrogens with one attached hydrogen (secondary N) is 1. The van der Waals surface area contributed by atoms with Crippen LogP contribution in [0.25, 0.3) is 0 Å². The number of nitrogens with zero attached hydrogens (tertiary/aromatic N) is 1.